The molecule has 2 N–H and O–H groups in total. The summed E-state index contributed by atoms with van der Waals surface area (Å²) < 4.78 is 0. The summed E-state index contributed by atoms with van der Waals surface area (Å²) in [7, 11) is 0. The molecule has 0 aromatic heterocycles. The van der Waals surface area contributed by atoms with Crippen LogP contribution in [-0.2, 0) is 10.2 Å². The summed E-state index contributed by atoms with van der Waals surface area (Å²) in [5.74, 6) is -1.08. The highest BCUT2D eigenvalue weighted by molar-refractivity contribution is 5.76. The molecule has 0 bridgehead atoms. The van der Waals surface area contributed by atoms with Crippen LogP contribution in [0.1, 0.15) is 45.6 Å². The van der Waals surface area contributed by atoms with E-state index in [4.69, 9.17) is 5.11 Å². The average molecular weight is 332 g/mol. The van der Waals surface area contributed by atoms with Gasteiger partial charge in [-0.15, -0.1) is 0 Å². The molecule has 0 aliphatic carbocycles. The monoisotopic (exact) mass is 332 g/mol. The predicted molar refractivity (Wildman–Crippen MR) is 94.0 cm³/mol. The van der Waals surface area contributed by atoms with Crippen molar-refractivity contribution in [3.63, 3.8) is 0 Å². The highest BCUT2D eigenvalue weighted by Crippen LogP contribution is 2.29. The van der Waals surface area contributed by atoms with E-state index in [1.165, 1.54) is 5.56 Å². The lowest BCUT2D eigenvalue weighted by Crippen LogP contribution is -2.53. The summed E-state index contributed by atoms with van der Waals surface area (Å²) in [6, 6.07) is 10.1. The molecule has 2 amide bonds. The Labute approximate surface area is 144 Å². The van der Waals surface area contributed by atoms with E-state index in [1.807, 2.05) is 18.2 Å². The van der Waals surface area contributed by atoms with Crippen LogP contribution in [0.25, 0.3) is 0 Å². The van der Waals surface area contributed by atoms with E-state index < -0.39 is 5.97 Å². The molecule has 1 saturated heterocycles. The van der Waals surface area contributed by atoms with Crippen LogP contribution < -0.4 is 5.32 Å². The maximum absolute atomic E-state index is 12.6. The summed E-state index contributed by atoms with van der Waals surface area (Å²) in [6.45, 7) is 7.38. The van der Waals surface area contributed by atoms with E-state index in [2.05, 4.69) is 38.2 Å². The first-order valence-electron chi connectivity index (χ1n) is 8.70. The standard InChI is InChI=1S/C19H28N2O3/c1-4-16(19(2,3)15-8-6-5-7-9-15)20-18(24)21-12-10-14(11-13-21)17(22)23/h5-9,14,16H,4,10-13H2,1-3H3,(H,20,24)(H,22,23). The largest absolute Gasteiger partial charge is 0.481 e. The number of amides is 2. The molecular weight excluding hydrogens is 304 g/mol. The van der Waals surface area contributed by atoms with E-state index in [-0.39, 0.29) is 23.4 Å². The lowest BCUT2D eigenvalue weighted by molar-refractivity contribution is -0.143. The zero-order valence-corrected chi connectivity index (χ0v) is 14.8. The van der Waals surface area contributed by atoms with Gasteiger partial charge in [0.15, 0.2) is 0 Å². The molecule has 1 atom stereocenters. The molecule has 1 unspecified atom stereocenters. The Kier molecular flexibility index (Phi) is 5.86. The van der Waals surface area contributed by atoms with Crippen molar-refractivity contribution in [2.24, 2.45) is 5.92 Å². The topological polar surface area (TPSA) is 69.6 Å². The van der Waals surface area contributed by atoms with E-state index in [0.29, 0.717) is 25.9 Å². The molecule has 1 aliphatic heterocycles. The Balaban J connectivity index is 2.00. The summed E-state index contributed by atoms with van der Waals surface area (Å²) in [6.07, 6.45) is 1.89. The molecular formula is C19H28N2O3. The van der Waals surface area contributed by atoms with Gasteiger partial charge in [-0.05, 0) is 24.8 Å². The number of aliphatic carboxylic acids is 1. The van der Waals surface area contributed by atoms with Crippen molar-refractivity contribution in [3.8, 4) is 0 Å². The zero-order chi connectivity index (χ0) is 17.7. The first-order valence-corrected chi connectivity index (χ1v) is 8.70. The fraction of sp³-hybridized carbons (Fsp3) is 0.579. The number of rotatable bonds is 5. The van der Waals surface area contributed by atoms with Gasteiger partial charge in [0.2, 0.25) is 0 Å². The minimum Gasteiger partial charge on any atom is -0.481 e. The van der Waals surface area contributed by atoms with Gasteiger partial charge in [0.1, 0.15) is 0 Å². The number of piperidine rings is 1. The average Bonchev–Trinajstić information content (AvgIpc) is 2.60. The maximum atomic E-state index is 12.6. The number of carbonyl (C=O) groups is 2. The van der Waals surface area contributed by atoms with E-state index >= 15 is 0 Å². The molecule has 1 aromatic carbocycles. The Morgan fingerprint density at radius 2 is 1.83 bits per heavy atom. The van der Waals surface area contributed by atoms with Gasteiger partial charge in [0, 0.05) is 24.5 Å². The van der Waals surface area contributed by atoms with Crippen molar-refractivity contribution in [1.82, 2.24) is 10.2 Å². The van der Waals surface area contributed by atoms with Crippen molar-refractivity contribution in [1.29, 1.82) is 0 Å². The van der Waals surface area contributed by atoms with E-state index in [0.717, 1.165) is 6.42 Å². The van der Waals surface area contributed by atoms with Gasteiger partial charge in [-0.1, -0.05) is 51.1 Å². The number of hydrogen-bond acceptors (Lipinski definition) is 2. The van der Waals surface area contributed by atoms with Crippen LogP contribution in [0.4, 0.5) is 4.79 Å². The van der Waals surface area contributed by atoms with Gasteiger partial charge >= 0.3 is 12.0 Å². The summed E-state index contributed by atoms with van der Waals surface area (Å²) in [4.78, 5) is 25.4. The molecule has 0 spiro atoms. The Morgan fingerprint density at radius 3 is 2.33 bits per heavy atom. The van der Waals surface area contributed by atoms with Crippen molar-refractivity contribution < 1.29 is 14.7 Å². The normalized spacial score (nSPS) is 17.4. The van der Waals surface area contributed by atoms with Crippen molar-refractivity contribution >= 4 is 12.0 Å². The maximum Gasteiger partial charge on any atom is 0.317 e. The second kappa shape index (κ2) is 7.69. The van der Waals surface area contributed by atoms with Crippen LogP contribution in [0.2, 0.25) is 0 Å². The highest BCUT2D eigenvalue weighted by atomic mass is 16.4. The number of nitrogens with zero attached hydrogens (tertiary/aromatic N) is 1. The molecule has 24 heavy (non-hydrogen) atoms. The second-order valence-corrected chi connectivity index (χ2v) is 7.10. The molecule has 0 saturated carbocycles. The number of nitrogens with one attached hydrogen (secondary N) is 1. The molecule has 5 heteroatoms. The van der Waals surface area contributed by atoms with Crippen LogP contribution in [0, 0.1) is 5.92 Å². The third-order valence-corrected chi connectivity index (χ3v) is 5.23. The minimum absolute atomic E-state index is 0.0181. The van der Waals surface area contributed by atoms with Gasteiger partial charge in [-0.25, -0.2) is 4.79 Å². The Morgan fingerprint density at radius 1 is 1.25 bits per heavy atom. The molecule has 5 nitrogen and oxygen atoms in total. The first-order chi connectivity index (χ1) is 11.4. The van der Waals surface area contributed by atoms with Crippen molar-refractivity contribution in [2.45, 2.75) is 51.5 Å². The van der Waals surface area contributed by atoms with Crippen molar-refractivity contribution in [2.75, 3.05) is 13.1 Å². The van der Waals surface area contributed by atoms with Crippen LogP contribution in [0.3, 0.4) is 0 Å². The zero-order valence-electron chi connectivity index (χ0n) is 14.8. The predicted octanol–water partition coefficient (Wildman–Crippen LogP) is 3.25. The molecule has 132 valence electrons. The molecule has 0 radical (unpaired) electrons. The van der Waals surface area contributed by atoms with Crippen molar-refractivity contribution in [3.05, 3.63) is 35.9 Å². The lowest BCUT2D eigenvalue weighted by Gasteiger charge is -2.38. The van der Waals surface area contributed by atoms with Crippen LogP contribution in [0.5, 0.6) is 0 Å². The summed E-state index contributed by atoms with van der Waals surface area (Å²) in [5.41, 5.74) is 1.02. The van der Waals surface area contributed by atoms with Crippen LogP contribution >= 0.6 is 0 Å². The Bertz CT molecular complexity index is 563. The fourth-order valence-corrected chi connectivity index (χ4v) is 3.43. The van der Waals surface area contributed by atoms with Gasteiger partial charge in [0.05, 0.1) is 5.92 Å². The summed E-state index contributed by atoms with van der Waals surface area (Å²) in [5, 5.41) is 12.2. The Hall–Kier alpha value is -2.04. The molecule has 1 heterocycles. The quantitative estimate of drug-likeness (QED) is 0.869. The van der Waals surface area contributed by atoms with Gasteiger partial charge in [-0.2, -0.15) is 0 Å². The summed E-state index contributed by atoms with van der Waals surface area (Å²) >= 11 is 0. The number of carboxylic acids is 1. The number of urea groups is 1. The first kappa shape index (κ1) is 18.3. The third-order valence-electron chi connectivity index (χ3n) is 5.23. The van der Waals surface area contributed by atoms with Crippen LogP contribution in [-0.4, -0.2) is 41.1 Å². The molecule has 2 rings (SSSR count). The third kappa shape index (κ3) is 4.08. The lowest BCUT2D eigenvalue weighted by atomic mass is 9.76. The van der Waals surface area contributed by atoms with Crippen LogP contribution in [0.15, 0.2) is 30.3 Å². The van der Waals surface area contributed by atoms with Gasteiger partial charge in [-0.3, -0.25) is 4.79 Å². The molecule has 1 aromatic rings. The number of hydrogen-bond donors (Lipinski definition) is 2. The second-order valence-electron chi connectivity index (χ2n) is 7.10. The van der Waals surface area contributed by atoms with Gasteiger partial charge in [0.25, 0.3) is 0 Å². The smallest absolute Gasteiger partial charge is 0.317 e. The number of carboxylic acid groups (broad SMARTS) is 1. The number of benzene rings is 1. The van der Waals surface area contributed by atoms with E-state index in [1.54, 1.807) is 4.90 Å². The van der Waals surface area contributed by atoms with E-state index in [9.17, 15) is 9.59 Å². The molecule has 1 fully saturated rings. The fourth-order valence-electron chi connectivity index (χ4n) is 3.43. The minimum atomic E-state index is -0.758. The SMILES string of the molecule is CCC(NC(=O)N1CCC(C(=O)O)CC1)C(C)(C)c1ccccc1. The molecule has 1 aliphatic rings. The number of carbonyl (C=O) groups excluding carboxylic acids is 1. The number of likely N-dealkylation sites (tertiary alicyclic amines) is 1. The van der Waals surface area contributed by atoms with Gasteiger partial charge < -0.3 is 15.3 Å². The highest BCUT2D eigenvalue weighted by Gasteiger charge is 2.33.